The fraction of sp³-hybridized carbons (Fsp3) is 0.333. The highest BCUT2D eigenvalue weighted by Crippen LogP contribution is 2.08. The molecular formula is C9H13N3O4S. The topological polar surface area (TPSA) is 101 Å². The third-order valence-electron chi connectivity index (χ3n) is 1.99. The van der Waals surface area contributed by atoms with E-state index in [0.29, 0.717) is 0 Å². The van der Waals surface area contributed by atoms with Crippen LogP contribution in [0.3, 0.4) is 0 Å². The lowest BCUT2D eigenvalue weighted by Crippen LogP contribution is -2.40. The number of carboxylic acid groups (broad SMARTS) is 1. The molecule has 0 aromatic carbocycles. The van der Waals surface area contributed by atoms with Gasteiger partial charge in [-0.1, -0.05) is 6.08 Å². The minimum atomic E-state index is -3.87. The highest BCUT2D eigenvalue weighted by Gasteiger charge is 2.25. The van der Waals surface area contributed by atoms with E-state index in [-0.39, 0.29) is 11.3 Å². The first-order valence-corrected chi connectivity index (χ1v) is 6.20. The lowest BCUT2D eigenvalue weighted by Gasteiger charge is -2.11. The van der Waals surface area contributed by atoms with Crippen molar-refractivity contribution in [3.8, 4) is 0 Å². The molecule has 0 aliphatic heterocycles. The normalized spacial score (nSPS) is 13.2. The van der Waals surface area contributed by atoms with Crippen LogP contribution in [0.15, 0.2) is 29.9 Å². The van der Waals surface area contributed by atoms with E-state index >= 15 is 0 Å². The fourth-order valence-electron chi connectivity index (χ4n) is 1.16. The van der Waals surface area contributed by atoms with Crippen molar-refractivity contribution in [3.63, 3.8) is 0 Å². The molecule has 0 radical (unpaired) electrons. The second-order valence-electron chi connectivity index (χ2n) is 3.39. The molecule has 17 heavy (non-hydrogen) atoms. The van der Waals surface area contributed by atoms with Crippen molar-refractivity contribution < 1.29 is 18.3 Å². The van der Waals surface area contributed by atoms with Crippen LogP contribution in [0.5, 0.6) is 0 Å². The molecule has 1 unspecified atom stereocenters. The molecule has 0 spiro atoms. The molecule has 0 bridgehead atoms. The molecule has 1 aromatic rings. The molecule has 0 fully saturated rings. The van der Waals surface area contributed by atoms with E-state index < -0.39 is 22.0 Å². The maximum atomic E-state index is 11.8. The average molecular weight is 259 g/mol. The van der Waals surface area contributed by atoms with Crippen molar-refractivity contribution in [1.29, 1.82) is 0 Å². The summed E-state index contributed by atoms with van der Waals surface area (Å²) in [6, 6.07) is -1.22. The zero-order valence-electron chi connectivity index (χ0n) is 9.20. The van der Waals surface area contributed by atoms with E-state index in [1.807, 2.05) is 0 Å². The van der Waals surface area contributed by atoms with Gasteiger partial charge < -0.3 is 5.11 Å². The van der Waals surface area contributed by atoms with Crippen molar-refractivity contribution in [2.24, 2.45) is 7.05 Å². The Hall–Kier alpha value is -1.67. The zero-order chi connectivity index (χ0) is 13.1. The molecule has 7 nitrogen and oxygen atoms in total. The molecule has 1 heterocycles. The monoisotopic (exact) mass is 259 g/mol. The lowest BCUT2D eigenvalue weighted by atomic mass is 10.2. The molecule has 1 atom stereocenters. The van der Waals surface area contributed by atoms with Gasteiger partial charge in [-0.05, 0) is 6.42 Å². The first-order valence-electron chi connectivity index (χ1n) is 4.71. The number of sulfonamides is 1. The molecule has 0 amide bonds. The van der Waals surface area contributed by atoms with Gasteiger partial charge in [0.15, 0.2) is 0 Å². The number of hydrogen-bond acceptors (Lipinski definition) is 4. The first-order chi connectivity index (χ1) is 7.86. The third-order valence-corrected chi connectivity index (χ3v) is 3.42. The highest BCUT2D eigenvalue weighted by molar-refractivity contribution is 7.89. The quantitative estimate of drug-likeness (QED) is 0.685. The molecule has 94 valence electrons. The standard InChI is InChI=1S/C9H13N3O4S/c1-3-4-8(9(13)14)11-17(15,16)7-5-10-12(2)6-7/h3,5-6,8,11H,1,4H2,2H3,(H,13,14). The smallest absolute Gasteiger partial charge is 0.322 e. The van der Waals surface area contributed by atoms with Crippen molar-refractivity contribution in [1.82, 2.24) is 14.5 Å². The minimum Gasteiger partial charge on any atom is -0.480 e. The van der Waals surface area contributed by atoms with Crippen LogP contribution in [0.25, 0.3) is 0 Å². The van der Waals surface area contributed by atoms with E-state index in [2.05, 4.69) is 16.4 Å². The van der Waals surface area contributed by atoms with Gasteiger partial charge in [-0.2, -0.15) is 9.82 Å². The summed E-state index contributed by atoms with van der Waals surface area (Å²) in [4.78, 5) is 10.7. The number of aryl methyl sites for hydroxylation is 1. The maximum absolute atomic E-state index is 11.8. The summed E-state index contributed by atoms with van der Waals surface area (Å²) in [5, 5.41) is 12.5. The SMILES string of the molecule is C=CCC(NS(=O)(=O)c1cnn(C)c1)C(=O)O. The second kappa shape index (κ2) is 5.11. The number of carboxylic acids is 1. The zero-order valence-corrected chi connectivity index (χ0v) is 10.0. The van der Waals surface area contributed by atoms with Crippen LogP contribution in [-0.2, 0) is 21.9 Å². The first kappa shape index (κ1) is 13.4. The van der Waals surface area contributed by atoms with Crippen LogP contribution in [0.1, 0.15) is 6.42 Å². The van der Waals surface area contributed by atoms with Crippen LogP contribution >= 0.6 is 0 Å². The summed E-state index contributed by atoms with van der Waals surface area (Å²) in [7, 11) is -2.30. The third kappa shape index (κ3) is 3.40. The van der Waals surface area contributed by atoms with Gasteiger partial charge in [0.05, 0.1) is 6.20 Å². The summed E-state index contributed by atoms with van der Waals surface area (Å²) in [5.41, 5.74) is 0. The number of hydrogen-bond donors (Lipinski definition) is 2. The van der Waals surface area contributed by atoms with Crippen molar-refractivity contribution in [3.05, 3.63) is 25.0 Å². The summed E-state index contributed by atoms with van der Waals surface area (Å²) < 4.78 is 26.9. The Balaban J connectivity index is 2.92. The molecule has 0 aliphatic carbocycles. The van der Waals surface area contributed by atoms with E-state index in [0.717, 1.165) is 6.20 Å². The van der Waals surface area contributed by atoms with Gasteiger partial charge in [0.25, 0.3) is 0 Å². The van der Waals surface area contributed by atoms with Gasteiger partial charge in [0.1, 0.15) is 10.9 Å². The molecule has 8 heteroatoms. The van der Waals surface area contributed by atoms with Crippen LogP contribution < -0.4 is 4.72 Å². The summed E-state index contributed by atoms with van der Waals surface area (Å²) in [6.45, 7) is 3.38. The Bertz CT molecular complexity index is 520. The molecule has 0 aliphatic rings. The van der Waals surface area contributed by atoms with Gasteiger partial charge in [-0.25, -0.2) is 8.42 Å². The number of carbonyl (C=O) groups is 1. The van der Waals surface area contributed by atoms with Crippen molar-refractivity contribution in [2.75, 3.05) is 0 Å². The number of nitrogens with one attached hydrogen (secondary N) is 1. The van der Waals surface area contributed by atoms with Crippen molar-refractivity contribution in [2.45, 2.75) is 17.4 Å². The van der Waals surface area contributed by atoms with Crippen molar-refractivity contribution >= 4 is 16.0 Å². The lowest BCUT2D eigenvalue weighted by molar-refractivity contribution is -0.138. The van der Waals surface area contributed by atoms with Crippen LogP contribution in [0.2, 0.25) is 0 Å². The fourth-order valence-corrected chi connectivity index (χ4v) is 2.34. The van der Waals surface area contributed by atoms with Gasteiger partial charge >= 0.3 is 5.97 Å². The molecular weight excluding hydrogens is 246 g/mol. The Kier molecular flexibility index (Phi) is 4.02. The van der Waals surface area contributed by atoms with Gasteiger partial charge in [-0.3, -0.25) is 9.48 Å². The number of aromatic nitrogens is 2. The van der Waals surface area contributed by atoms with E-state index in [4.69, 9.17) is 5.11 Å². The van der Waals surface area contributed by atoms with Crippen LogP contribution in [-0.4, -0.2) is 35.3 Å². The minimum absolute atomic E-state index is 0.00876. The van der Waals surface area contributed by atoms with Gasteiger partial charge in [-0.15, -0.1) is 6.58 Å². The summed E-state index contributed by atoms with van der Waals surface area (Å²) in [5.74, 6) is -1.25. The molecule has 1 rings (SSSR count). The molecule has 0 saturated carbocycles. The van der Waals surface area contributed by atoms with Crippen LogP contribution in [0.4, 0.5) is 0 Å². The number of rotatable bonds is 6. The second-order valence-corrected chi connectivity index (χ2v) is 5.10. The van der Waals surface area contributed by atoms with E-state index in [1.54, 1.807) is 7.05 Å². The number of nitrogens with zero attached hydrogens (tertiary/aromatic N) is 2. The van der Waals surface area contributed by atoms with Gasteiger partial charge in [0.2, 0.25) is 10.0 Å². The average Bonchev–Trinajstić information content (AvgIpc) is 2.64. The maximum Gasteiger partial charge on any atom is 0.322 e. The summed E-state index contributed by atoms with van der Waals surface area (Å²) >= 11 is 0. The van der Waals surface area contributed by atoms with Gasteiger partial charge in [0, 0.05) is 13.2 Å². The highest BCUT2D eigenvalue weighted by atomic mass is 32.2. The van der Waals surface area contributed by atoms with E-state index in [9.17, 15) is 13.2 Å². The Labute approximate surface area is 98.8 Å². The Morgan fingerprint density at radius 3 is 2.82 bits per heavy atom. The Morgan fingerprint density at radius 2 is 2.41 bits per heavy atom. The molecule has 0 saturated heterocycles. The Morgan fingerprint density at radius 1 is 1.76 bits per heavy atom. The molecule has 1 aromatic heterocycles. The van der Waals surface area contributed by atoms with E-state index in [1.165, 1.54) is 17.0 Å². The van der Waals surface area contributed by atoms with Crippen LogP contribution in [0, 0.1) is 0 Å². The predicted octanol–water partition coefficient (Wildman–Crippen LogP) is -0.272. The predicted molar refractivity (Wildman–Crippen MR) is 59.8 cm³/mol. The summed E-state index contributed by atoms with van der Waals surface area (Å²) in [6.07, 6.45) is 3.78. The largest absolute Gasteiger partial charge is 0.480 e. The number of aliphatic carboxylic acids is 1. The molecule has 2 N–H and O–H groups in total.